The number of benzene rings is 2. The molecular formula is C18H23ClN2O2. The Kier molecular flexibility index (Phi) is 8.16. The van der Waals surface area contributed by atoms with Crippen LogP contribution in [-0.4, -0.2) is 19.6 Å². The molecule has 0 aliphatic heterocycles. The highest BCUT2D eigenvalue weighted by molar-refractivity contribution is 5.94. The highest BCUT2D eigenvalue weighted by Gasteiger charge is 2.04. The maximum atomic E-state index is 12.0. The van der Waals surface area contributed by atoms with Crippen LogP contribution in [0.3, 0.4) is 0 Å². The van der Waals surface area contributed by atoms with Crippen molar-refractivity contribution in [3.05, 3.63) is 65.2 Å². The van der Waals surface area contributed by atoms with E-state index in [1.54, 1.807) is 19.2 Å². The highest BCUT2D eigenvalue weighted by Crippen LogP contribution is 2.13. The summed E-state index contributed by atoms with van der Waals surface area (Å²) < 4.78 is 5.20. The second-order valence-electron chi connectivity index (χ2n) is 5.11. The molecule has 124 valence electrons. The average molecular weight is 335 g/mol. The van der Waals surface area contributed by atoms with E-state index in [9.17, 15) is 4.79 Å². The SMILES string of the molecule is COc1cccc(CCCNC(=O)c2ccc(CN)cc2)c1.Cl. The number of rotatable bonds is 7. The second-order valence-corrected chi connectivity index (χ2v) is 5.11. The Hall–Kier alpha value is -2.04. The summed E-state index contributed by atoms with van der Waals surface area (Å²) in [6, 6.07) is 15.4. The van der Waals surface area contributed by atoms with Gasteiger partial charge in [-0.15, -0.1) is 12.4 Å². The molecular weight excluding hydrogens is 312 g/mol. The number of aryl methyl sites for hydroxylation is 1. The lowest BCUT2D eigenvalue weighted by atomic mass is 10.1. The van der Waals surface area contributed by atoms with Crippen LogP contribution < -0.4 is 15.8 Å². The van der Waals surface area contributed by atoms with Crippen molar-refractivity contribution in [2.75, 3.05) is 13.7 Å². The standard InChI is InChI=1S/C18H22N2O2.ClH/c1-22-17-6-2-4-14(12-17)5-3-11-20-18(21)16-9-7-15(13-19)8-10-16;/h2,4,6-10,12H,3,5,11,13,19H2,1H3,(H,20,21);1H. The van der Waals surface area contributed by atoms with Crippen molar-refractivity contribution < 1.29 is 9.53 Å². The number of carbonyl (C=O) groups is 1. The number of ether oxygens (including phenoxy) is 1. The number of hydrogen-bond donors (Lipinski definition) is 2. The number of nitrogens with two attached hydrogens (primary N) is 1. The van der Waals surface area contributed by atoms with Gasteiger partial charge in [-0.05, 0) is 48.2 Å². The number of halogens is 1. The van der Waals surface area contributed by atoms with Crippen LogP contribution in [0.15, 0.2) is 48.5 Å². The molecule has 2 aromatic carbocycles. The molecule has 0 saturated heterocycles. The van der Waals surface area contributed by atoms with E-state index in [0.717, 1.165) is 24.2 Å². The van der Waals surface area contributed by atoms with E-state index in [-0.39, 0.29) is 18.3 Å². The first-order valence-corrected chi connectivity index (χ1v) is 7.43. The van der Waals surface area contributed by atoms with Crippen molar-refractivity contribution in [2.24, 2.45) is 5.73 Å². The van der Waals surface area contributed by atoms with Gasteiger partial charge in [-0.25, -0.2) is 0 Å². The first kappa shape index (κ1) is 19.0. The summed E-state index contributed by atoms with van der Waals surface area (Å²) in [7, 11) is 1.66. The summed E-state index contributed by atoms with van der Waals surface area (Å²) in [5, 5.41) is 2.93. The molecule has 0 fully saturated rings. The number of methoxy groups -OCH3 is 1. The Morgan fingerprint density at radius 2 is 1.87 bits per heavy atom. The number of hydrogen-bond acceptors (Lipinski definition) is 3. The van der Waals surface area contributed by atoms with Gasteiger partial charge in [-0.2, -0.15) is 0 Å². The van der Waals surface area contributed by atoms with Gasteiger partial charge in [0.1, 0.15) is 5.75 Å². The minimum atomic E-state index is -0.0470. The Balaban J connectivity index is 0.00000264. The first-order valence-electron chi connectivity index (χ1n) is 7.43. The molecule has 0 aliphatic rings. The molecule has 0 unspecified atom stereocenters. The lowest BCUT2D eigenvalue weighted by molar-refractivity contribution is 0.0953. The summed E-state index contributed by atoms with van der Waals surface area (Å²) in [6.45, 7) is 1.14. The van der Waals surface area contributed by atoms with E-state index in [4.69, 9.17) is 10.5 Å². The van der Waals surface area contributed by atoms with E-state index in [1.165, 1.54) is 5.56 Å². The zero-order valence-electron chi connectivity index (χ0n) is 13.2. The molecule has 5 heteroatoms. The van der Waals surface area contributed by atoms with E-state index in [0.29, 0.717) is 18.7 Å². The fourth-order valence-electron chi connectivity index (χ4n) is 2.22. The van der Waals surface area contributed by atoms with Crippen LogP contribution in [0.1, 0.15) is 27.9 Å². The van der Waals surface area contributed by atoms with Crippen LogP contribution in [0.25, 0.3) is 0 Å². The molecule has 1 amide bonds. The van der Waals surface area contributed by atoms with Crippen LogP contribution >= 0.6 is 12.4 Å². The molecule has 23 heavy (non-hydrogen) atoms. The zero-order valence-corrected chi connectivity index (χ0v) is 14.1. The minimum Gasteiger partial charge on any atom is -0.497 e. The molecule has 0 saturated carbocycles. The van der Waals surface area contributed by atoms with Crippen molar-refractivity contribution in [3.63, 3.8) is 0 Å². The molecule has 0 spiro atoms. The quantitative estimate of drug-likeness (QED) is 0.765. The Bertz CT molecular complexity index is 615. The Labute approximate surface area is 143 Å². The number of carbonyl (C=O) groups excluding carboxylic acids is 1. The Morgan fingerprint density at radius 1 is 1.13 bits per heavy atom. The summed E-state index contributed by atoms with van der Waals surface area (Å²) in [5.41, 5.74) is 8.44. The maximum absolute atomic E-state index is 12.0. The molecule has 0 aromatic heterocycles. The zero-order chi connectivity index (χ0) is 15.8. The van der Waals surface area contributed by atoms with Crippen molar-refractivity contribution in [1.82, 2.24) is 5.32 Å². The molecule has 3 N–H and O–H groups in total. The lowest BCUT2D eigenvalue weighted by Crippen LogP contribution is -2.24. The highest BCUT2D eigenvalue weighted by atomic mass is 35.5. The summed E-state index contributed by atoms with van der Waals surface area (Å²) in [4.78, 5) is 12.0. The number of amides is 1. The molecule has 0 bridgehead atoms. The average Bonchev–Trinajstić information content (AvgIpc) is 2.58. The third-order valence-electron chi connectivity index (χ3n) is 3.51. The summed E-state index contributed by atoms with van der Waals surface area (Å²) >= 11 is 0. The van der Waals surface area contributed by atoms with E-state index >= 15 is 0 Å². The molecule has 0 atom stereocenters. The molecule has 0 aliphatic carbocycles. The van der Waals surface area contributed by atoms with Gasteiger partial charge in [0.2, 0.25) is 0 Å². The molecule has 4 nitrogen and oxygen atoms in total. The van der Waals surface area contributed by atoms with Gasteiger partial charge in [-0.3, -0.25) is 4.79 Å². The fraction of sp³-hybridized carbons (Fsp3) is 0.278. The Morgan fingerprint density at radius 3 is 2.52 bits per heavy atom. The van der Waals surface area contributed by atoms with Gasteiger partial charge in [0.05, 0.1) is 7.11 Å². The number of nitrogens with one attached hydrogen (secondary N) is 1. The molecule has 2 rings (SSSR count). The second kappa shape index (κ2) is 9.87. The topological polar surface area (TPSA) is 64.3 Å². The third kappa shape index (κ3) is 5.93. The van der Waals surface area contributed by atoms with E-state index in [1.807, 2.05) is 30.3 Å². The van der Waals surface area contributed by atoms with Crippen molar-refractivity contribution in [2.45, 2.75) is 19.4 Å². The predicted octanol–water partition coefficient (Wildman–Crippen LogP) is 2.94. The van der Waals surface area contributed by atoms with Crippen LogP contribution in [0.5, 0.6) is 5.75 Å². The van der Waals surface area contributed by atoms with Gasteiger partial charge in [0.15, 0.2) is 0 Å². The summed E-state index contributed by atoms with van der Waals surface area (Å²) in [5.74, 6) is 0.816. The van der Waals surface area contributed by atoms with Crippen LogP contribution in [0, 0.1) is 0 Å². The molecule has 0 radical (unpaired) electrons. The fourth-order valence-corrected chi connectivity index (χ4v) is 2.22. The van der Waals surface area contributed by atoms with Crippen molar-refractivity contribution in [1.29, 1.82) is 0 Å². The van der Waals surface area contributed by atoms with Gasteiger partial charge < -0.3 is 15.8 Å². The van der Waals surface area contributed by atoms with E-state index in [2.05, 4.69) is 11.4 Å². The van der Waals surface area contributed by atoms with Gasteiger partial charge in [0.25, 0.3) is 5.91 Å². The van der Waals surface area contributed by atoms with Crippen molar-refractivity contribution >= 4 is 18.3 Å². The van der Waals surface area contributed by atoms with Gasteiger partial charge in [-0.1, -0.05) is 24.3 Å². The third-order valence-corrected chi connectivity index (χ3v) is 3.51. The van der Waals surface area contributed by atoms with E-state index < -0.39 is 0 Å². The lowest BCUT2D eigenvalue weighted by Gasteiger charge is -2.07. The van der Waals surface area contributed by atoms with Gasteiger partial charge >= 0.3 is 0 Å². The monoisotopic (exact) mass is 334 g/mol. The maximum Gasteiger partial charge on any atom is 0.251 e. The van der Waals surface area contributed by atoms with Crippen LogP contribution in [-0.2, 0) is 13.0 Å². The van der Waals surface area contributed by atoms with Gasteiger partial charge in [0, 0.05) is 18.7 Å². The van der Waals surface area contributed by atoms with Crippen molar-refractivity contribution in [3.8, 4) is 5.75 Å². The van der Waals surface area contributed by atoms with Crippen LogP contribution in [0.2, 0.25) is 0 Å². The predicted molar refractivity (Wildman–Crippen MR) is 95.2 cm³/mol. The normalized spacial score (nSPS) is 9.83. The first-order chi connectivity index (χ1) is 10.7. The largest absolute Gasteiger partial charge is 0.497 e. The molecule has 0 heterocycles. The smallest absolute Gasteiger partial charge is 0.251 e. The molecule has 2 aromatic rings. The summed E-state index contributed by atoms with van der Waals surface area (Å²) in [6.07, 6.45) is 1.80. The minimum absolute atomic E-state index is 0. The van der Waals surface area contributed by atoms with Crippen LogP contribution in [0.4, 0.5) is 0 Å².